The molecule has 1 fully saturated rings. The summed E-state index contributed by atoms with van der Waals surface area (Å²) in [7, 11) is 0. The molecule has 0 aliphatic heterocycles. The van der Waals surface area contributed by atoms with E-state index in [0.717, 1.165) is 19.3 Å². The van der Waals surface area contributed by atoms with Gasteiger partial charge >= 0.3 is 6.03 Å². The molecule has 0 radical (unpaired) electrons. The third-order valence-electron chi connectivity index (χ3n) is 5.12. The molecule has 2 aromatic carbocycles. The second kappa shape index (κ2) is 7.70. The van der Waals surface area contributed by atoms with Crippen molar-refractivity contribution in [2.45, 2.75) is 43.7 Å². The van der Waals surface area contributed by atoms with E-state index in [1.807, 2.05) is 36.4 Å². The Morgan fingerprint density at radius 3 is 2.48 bits per heavy atom. The molecule has 0 bridgehead atoms. The van der Waals surface area contributed by atoms with Gasteiger partial charge in [-0.3, -0.25) is 0 Å². The van der Waals surface area contributed by atoms with Crippen LogP contribution in [-0.2, 0) is 11.8 Å². The van der Waals surface area contributed by atoms with Crippen LogP contribution in [-0.4, -0.2) is 24.7 Å². The monoisotopic (exact) mass is 337 g/mol. The lowest BCUT2D eigenvalue weighted by molar-refractivity contribution is 0.239. The Hall–Kier alpha value is -2.33. The van der Waals surface area contributed by atoms with Crippen molar-refractivity contribution in [2.24, 2.45) is 5.73 Å². The number of benzene rings is 2. The van der Waals surface area contributed by atoms with Crippen LogP contribution in [0.5, 0.6) is 0 Å². The average molecular weight is 337 g/mol. The van der Waals surface area contributed by atoms with Gasteiger partial charge in [0.25, 0.3) is 0 Å². The highest BCUT2D eigenvalue weighted by Gasteiger charge is 2.52. The Kier molecular flexibility index (Phi) is 5.39. The highest BCUT2D eigenvalue weighted by Crippen LogP contribution is 2.47. The van der Waals surface area contributed by atoms with Crippen molar-refractivity contribution in [3.8, 4) is 0 Å². The molecule has 1 saturated carbocycles. The van der Waals surface area contributed by atoms with Gasteiger partial charge in [0.1, 0.15) is 0 Å². The third-order valence-corrected chi connectivity index (χ3v) is 5.12. The topological polar surface area (TPSA) is 67.2 Å². The predicted molar refractivity (Wildman–Crippen MR) is 101 cm³/mol. The minimum Gasteiger partial charge on any atom is -0.338 e. The second-order valence-electron chi connectivity index (χ2n) is 7.18. The van der Waals surface area contributed by atoms with E-state index >= 15 is 0 Å². The molecule has 4 heteroatoms. The molecule has 1 aliphatic rings. The summed E-state index contributed by atoms with van der Waals surface area (Å²) in [5.74, 6) is 0. The van der Waals surface area contributed by atoms with Crippen LogP contribution in [0.25, 0.3) is 0 Å². The van der Waals surface area contributed by atoms with E-state index in [1.54, 1.807) is 0 Å². The van der Waals surface area contributed by atoms with Crippen molar-refractivity contribution in [1.29, 1.82) is 0 Å². The number of rotatable bonds is 7. The second-order valence-corrected chi connectivity index (χ2v) is 7.18. The lowest BCUT2D eigenvalue weighted by Gasteiger charge is -2.15. The Bertz CT molecular complexity index is 689. The van der Waals surface area contributed by atoms with Crippen molar-refractivity contribution in [1.82, 2.24) is 10.6 Å². The Labute approximate surface area is 149 Å². The summed E-state index contributed by atoms with van der Waals surface area (Å²) in [5.41, 5.74) is 8.73. The van der Waals surface area contributed by atoms with Crippen LogP contribution in [0.15, 0.2) is 60.7 Å². The summed E-state index contributed by atoms with van der Waals surface area (Å²) in [6.07, 6.45) is 2.58. The molecular formula is C21H27N3O. The first kappa shape index (κ1) is 17.5. The zero-order valence-electron chi connectivity index (χ0n) is 14.7. The molecule has 1 aliphatic carbocycles. The first-order valence-corrected chi connectivity index (χ1v) is 8.97. The summed E-state index contributed by atoms with van der Waals surface area (Å²) in [6.45, 7) is 2.79. The zero-order chi connectivity index (χ0) is 17.7. The Morgan fingerprint density at radius 2 is 1.80 bits per heavy atom. The predicted octanol–water partition coefficient (Wildman–Crippen LogP) is 2.98. The largest absolute Gasteiger partial charge is 0.338 e. The molecule has 2 aromatic rings. The smallest absolute Gasteiger partial charge is 0.315 e. The van der Waals surface area contributed by atoms with Crippen LogP contribution in [0.2, 0.25) is 0 Å². The fourth-order valence-corrected chi connectivity index (χ4v) is 3.31. The molecule has 132 valence electrons. The maximum atomic E-state index is 12.1. The van der Waals surface area contributed by atoms with Crippen LogP contribution in [0.4, 0.5) is 4.79 Å². The van der Waals surface area contributed by atoms with Gasteiger partial charge in [-0.15, -0.1) is 0 Å². The van der Waals surface area contributed by atoms with E-state index in [0.29, 0.717) is 6.54 Å². The maximum absolute atomic E-state index is 12.1. The number of carbonyl (C=O) groups is 1. The molecule has 4 N–H and O–H groups in total. The lowest BCUT2D eigenvalue weighted by atomic mass is 9.98. The van der Waals surface area contributed by atoms with Crippen molar-refractivity contribution in [3.05, 3.63) is 71.8 Å². The molecule has 0 aromatic heterocycles. The molecule has 3 unspecified atom stereocenters. The Balaban J connectivity index is 1.36. The number of carbonyl (C=O) groups excluding carboxylic acids is 1. The summed E-state index contributed by atoms with van der Waals surface area (Å²) < 4.78 is 0. The number of urea groups is 1. The molecular weight excluding hydrogens is 310 g/mol. The fourth-order valence-electron chi connectivity index (χ4n) is 3.31. The maximum Gasteiger partial charge on any atom is 0.315 e. The molecule has 0 spiro atoms. The summed E-state index contributed by atoms with van der Waals surface area (Å²) >= 11 is 0. The van der Waals surface area contributed by atoms with Gasteiger partial charge in [0.2, 0.25) is 0 Å². The number of hydrogen-bond donors (Lipinski definition) is 3. The SMILES string of the molecule is CC1(c2ccccc2)CC1NC(=O)NCCC(N)Cc1ccccc1. The van der Waals surface area contributed by atoms with Gasteiger partial charge in [0, 0.05) is 24.0 Å². The van der Waals surface area contributed by atoms with Gasteiger partial charge in [-0.1, -0.05) is 67.6 Å². The van der Waals surface area contributed by atoms with E-state index in [9.17, 15) is 4.79 Å². The lowest BCUT2D eigenvalue weighted by Crippen LogP contribution is -2.41. The summed E-state index contributed by atoms with van der Waals surface area (Å²) in [4.78, 5) is 12.1. The van der Waals surface area contributed by atoms with Crippen LogP contribution < -0.4 is 16.4 Å². The van der Waals surface area contributed by atoms with E-state index in [4.69, 9.17) is 5.73 Å². The number of nitrogens with two attached hydrogens (primary N) is 1. The first-order valence-electron chi connectivity index (χ1n) is 8.97. The standard InChI is InChI=1S/C21H27N3O/c1-21(17-10-6-3-7-11-17)15-19(21)24-20(25)23-13-12-18(22)14-16-8-4-2-5-9-16/h2-11,18-19H,12-15,22H2,1H3,(H2,23,24,25). The average Bonchev–Trinajstić information content (AvgIpc) is 3.27. The van der Waals surface area contributed by atoms with Gasteiger partial charge in [-0.05, 0) is 30.4 Å². The van der Waals surface area contributed by atoms with Crippen molar-refractivity contribution >= 4 is 6.03 Å². The number of nitrogens with one attached hydrogen (secondary N) is 2. The quantitative estimate of drug-likeness (QED) is 0.727. The molecule has 3 rings (SSSR count). The van der Waals surface area contributed by atoms with Gasteiger partial charge in [0.15, 0.2) is 0 Å². The molecule has 0 saturated heterocycles. The normalized spacial score (nSPS) is 22.9. The molecule has 4 nitrogen and oxygen atoms in total. The van der Waals surface area contributed by atoms with Crippen molar-refractivity contribution in [3.63, 3.8) is 0 Å². The van der Waals surface area contributed by atoms with E-state index in [2.05, 4.69) is 41.8 Å². The Morgan fingerprint density at radius 1 is 1.16 bits per heavy atom. The van der Waals surface area contributed by atoms with Gasteiger partial charge in [-0.2, -0.15) is 0 Å². The molecule has 25 heavy (non-hydrogen) atoms. The molecule has 2 amide bonds. The van der Waals surface area contributed by atoms with Crippen LogP contribution in [0, 0.1) is 0 Å². The first-order chi connectivity index (χ1) is 12.1. The zero-order valence-corrected chi connectivity index (χ0v) is 14.7. The molecule has 3 atom stereocenters. The van der Waals surface area contributed by atoms with Gasteiger partial charge < -0.3 is 16.4 Å². The van der Waals surface area contributed by atoms with Gasteiger partial charge in [0.05, 0.1) is 0 Å². The van der Waals surface area contributed by atoms with Crippen LogP contribution in [0.1, 0.15) is 30.9 Å². The van der Waals surface area contributed by atoms with Crippen LogP contribution in [0.3, 0.4) is 0 Å². The van der Waals surface area contributed by atoms with E-state index in [1.165, 1.54) is 11.1 Å². The summed E-state index contributed by atoms with van der Waals surface area (Å²) in [6, 6.07) is 20.7. The minimum atomic E-state index is -0.100. The van der Waals surface area contributed by atoms with Crippen molar-refractivity contribution < 1.29 is 4.79 Å². The number of amides is 2. The van der Waals surface area contributed by atoms with E-state index < -0.39 is 0 Å². The highest BCUT2D eigenvalue weighted by molar-refractivity contribution is 5.75. The minimum absolute atomic E-state index is 0.0539. The van der Waals surface area contributed by atoms with Crippen LogP contribution >= 0.6 is 0 Å². The highest BCUT2D eigenvalue weighted by atomic mass is 16.2. The summed E-state index contributed by atoms with van der Waals surface area (Å²) in [5, 5.41) is 6.01. The third kappa shape index (κ3) is 4.60. The van der Waals surface area contributed by atoms with Crippen molar-refractivity contribution in [2.75, 3.05) is 6.54 Å². The van der Waals surface area contributed by atoms with Gasteiger partial charge in [-0.25, -0.2) is 4.79 Å². The molecule has 0 heterocycles. The fraction of sp³-hybridized carbons (Fsp3) is 0.381. The van der Waals surface area contributed by atoms with E-state index in [-0.39, 0.29) is 23.5 Å². The number of hydrogen-bond acceptors (Lipinski definition) is 2.